The summed E-state index contributed by atoms with van der Waals surface area (Å²) in [7, 11) is -3.77. The van der Waals surface area contributed by atoms with Crippen molar-refractivity contribution in [3.63, 3.8) is 0 Å². The summed E-state index contributed by atoms with van der Waals surface area (Å²) in [6.07, 6.45) is 1.51. The molecular formula is C12H13N3O3S. The van der Waals surface area contributed by atoms with E-state index in [1.54, 1.807) is 12.1 Å². The number of hydrogen-bond acceptors (Lipinski definition) is 5. The van der Waals surface area contributed by atoms with E-state index in [0.717, 1.165) is 5.56 Å². The Morgan fingerprint density at radius 1 is 1.26 bits per heavy atom. The molecule has 0 bridgehead atoms. The highest BCUT2D eigenvalue weighted by Gasteiger charge is 2.16. The molecule has 0 amide bonds. The number of nitrogens with zero attached hydrogens (tertiary/aromatic N) is 1. The lowest BCUT2D eigenvalue weighted by atomic mass is 10.3. The molecule has 1 aromatic heterocycles. The number of anilines is 2. The van der Waals surface area contributed by atoms with Crippen molar-refractivity contribution < 1.29 is 13.5 Å². The summed E-state index contributed by atoms with van der Waals surface area (Å²) >= 11 is 0. The molecule has 1 aromatic carbocycles. The minimum Gasteiger partial charge on any atom is -0.506 e. The van der Waals surface area contributed by atoms with Gasteiger partial charge < -0.3 is 10.8 Å². The summed E-state index contributed by atoms with van der Waals surface area (Å²) < 4.78 is 26.5. The van der Waals surface area contributed by atoms with Gasteiger partial charge in [-0.1, -0.05) is 0 Å². The fourth-order valence-corrected chi connectivity index (χ4v) is 2.52. The van der Waals surface area contributed by atoms with Gasteiger partial charge in [-0.25, -0.2) is 13.4 Å². The number of phenols is 1. The van der Waals surface area contributed by atoms with Crippen molar-refractivity contribution in [2.75, 3.05) is 10.5 Å². The quantitative estimate of drug-likeness (QED) is 0.583. The SMILES string of the molecule is Cc1ccnc(NS(=O)(=O)c2ccc(O)c(N)c2)c1. The molecule has 0 spiro atoms. The van der Waals surface area contributed by atoms with E-state index in [1.165, 1.54) is 24.4 Å². The second-order valence-corrected chi connectivity index (χ2v) is 5.73. The summed E-state index contributed by atoms with van der Waals surface area (Å²) in [6.45, 7) is 1.83. The van der Waals surface area contributed by atoms with Gasteiger partial charge in [-0.15, -0.1) is 0 Å². The number of nitrogen functional groups attached to an aromatic ring is 1. The van der Waals surface area contributed by atoms with Crippen molar-refractivity contribution in [3.8, 4) is 5.75 Å². The third-order valence-corrected chi connectivity index (χ3v) is 3.82. The maximum absolute atomic E-state index is 12.1. The monoisotopic (exact) mass is 279 g/mol. The van der Waals surface area contributed by atoms with Crippen LogP contribution >= 0.6 is 0 Å². The Bertz CT molecular complexity index is 714. The average molecular weight is 279 g/mol. The predicted octanol–water partition coefficient (Wildman–Crippen LogP) is 1.48. The number of nitrogens with two attached hydrogens (primary N) is 1. The molecule has 19 heavy (non-hydrogen) atoms. The maximum Gasteiger partial charge on any atom is 0.263 e. The van der Waals surface area contributed by atoms with Crippen LogP contribution in [0.2, 0.25) is 0 Å². The summed E-state index contributed by atoms with van der Waals surface area (Å²) in [5.41, 5.74) is 6.36. The van der Waals surface area contributed by atoms with Crippen molar-refractivity contribution in [2.45, 2.75) is 11.8 Å². The summed E-state index contributed by atoms with van der Waals surface area (Å²) in [6, 6.07) is 7.06. The normalized spacial score (nSPS) is 11.2. The molecule has 7 heteroatoms. The van der Waals surface area contributed by atoms with Crippen LogP contribution in [0.5, 0.6) is 5.75 Å². The van der Waals surface area contributed by atoms with Crippen LogP contribution in [0.15, 0.2) is 41.4 Å². The number of aromatic hydroxyl groups is 1. The van der Waals surface area contributed by atoms with Crippen LogP contribution < -0.4 is 10.5 Å². The van der Waals surface area contributed by atoms with E-state index in [0.29, 0.717) is 0 Å². The molecule has 0 saturated heterocycles. The maximum atomic E-state index is 12.1. The Labute approximate surface area is 111 Å². The van der Waals surface area contributed by atoms with Gasteiger partial charge in [0.2, 0.25) is 0 Å². The lowest BCUT2D eigenvalue weighted by Crippen LogP contribution is -2.14. The number of aryl methyl sites for hydroxylation is 1. The average Bonchev–Trinajstić information content (AvgIpc) is 2.32. The van der Waals surface area contributed by atoms with Gasteiger partial charge in [0.1, 0.15) is 11.6 Å². The highest BCUT2D eigenvalue weighted by atomic mass is 32.2. The zero-order valence-electron chi connectivity index (χ0n) is 10.2. The molecule has 0 saturated carbocycles. The van der Waals surface area contributed by atoms with Gasteiger partial charge in [-0.3, -0.25) is 4.72 Å². The predicted molar refractivity (Wildman–Crippen MR) is 72.3 cm³/mol. The van der Waals surface area contributed by atoms with E-state index < -0.39 is 10.0 Å². The van der Waals surface area contributed by atoms with Gasteiger partial charge >= 0.3 is 0 Å². The van der Waals surface area contributed by atoms with E-state index >= 15 is 0 Å². The number of aromatic nitrogens is 1. The largest absolute Gasteiger partial charge is 0.506 e. The zero-order valence-corrected chi connectivity index (χ0v) is 11.0. The molecule has 100 valence electrons. The molecule has 0 aliphatic heterocycles. The van der Waals surface area contributed by atoms with E-state index in [1.807, 2.05) is 6.92 Å². The highest BCUT2D eigenvalue weighted by Crippen LogP contribution is 2.24. The van der Waals surface area contributed by atoms with Crippen LogP contribution in [0.4, 0.5) is 11.5 Å². The van der Waals surface area contributed by atoms with Gasteiger partial charge in [-0.2, -0.15) is 0 Å². The molecule has 0 fully saturated rings. The fourth-order valence-electron chi connectivity index (χ4n) is 1.49. The molecule has 0 aliphatic carbocycles. The smallest absolute Gasteiger partial charge is 0.263 e. The molecule has 6 nitrogen and oxygen atoms in total. The Morgan fingerprint density at radius 2 is 2.00 bits per heavy atom. The second-order valence-electron chi connectivity index (χ2n) is 4.04. The van der Waals surface area contributed by atoms with Crippen LogP contribution in [0.3, 0.4) is 0 Å². The molecule has 2 aromatic rings. The van der Waals surface area contributed by atoms with Gasteiger partial charge in [0, 0.05) is 6.20 Å². The second kappa shape index (κ2) is 4.77. The van der Waals surface area contributed by atoms with Gasteiger partial charge in [0.15, 0.2) is 0 Å². The molecule has 0 atom stereocenters. The van der Waals surface area contributed by atoms with Crippen LogP contribution in [-0.2, 0) is 10.0 Å². The van der Waals surface area contributed by atoms with Crippen LogP contribution in [0.1, 0.15) is 5.56 Å². The number of benzene rings is 1. The zero-order chi connectivity index (χ0) is 14.0. The minimum absolute atomic E-state index is 0.0000708. The third-order valence-electron chi connectivity index (χ3n) is 2.46. The van der Waals surface area contributed by atoms with Crippen molar-refractivity contribution in [3.05, 3.63) is 42.1 Å². The standard InChI is InChI=1S/C12H13N3O3S/c1-8-4-5-14-12(6-8)15-19(17,18)9-2-3-11(16)10(13)7-9/h2-7,16H,13H2,1H3,(H,14,15). The lowest BCUT2D eigenvalue weighted by molar-refractivity contribution is 0.477. The van der Waals surface area contributed by atoms with Crippen molar-refractivity contribution >= 4 is 21.5 Å². The summed E-state index contributed by atoms with van der Waals surface area (Å²) in [5, 5.41) is 9.28. The molecule has 0 radical (unpaired) electrons. The van der Waals surface area contributed by atoms with E-state index in [-0.39, 0.29) is 22.2 Å². The minimum atomic E-state index is -3.77. The van der Waals surface area contributed by atoms with Crippen molar-refractivity contribution in [1.29, 1.82) is 0 Å². The summed E-state index contributed by atoms with van der Waals surface area (Å²) in [4.78, 5) is 3.88. The van der Waals surface area contributed by atoms with Crippen LogP contribution in [-0.4, -0.2) is 18.5 Å². The van der Waals surface area contributed by atoms with Gasteiger partial charge in [-0.05, 0) is 42.8 Å². The number of rotatable bonds is 3. The first-order valence-corrected chi connectivity index (χ1v) is 6.91. The number of hydrogen-bond donors (Lipinski definition) is 3. The van der Waals surface area contributed by atoms with Gasteiger partial charge in [0.25, 0.3) is 10.0 Å². The lowest BCUT2D eigenvalue weighted by Gasteiger charge is -2.08. The topological polar surface area (TPSA) is 105 Å². The van der Waals surface area contributed by atoms with E-state index in [4.69, 9.17) is 5.73 Å². The molecule has 0 aliphatic rings. The Balaban J connectivity index is 2.35. The van der Waals surface area contributed by atoms with Crippen molar-refractivity contribution in [2.24, 2.45) is 0 Å². The number of phenolic OH excluding ortho intramolecular Hbond substituents is 1. The number of pyridine rings is 1. The molecule has 1 heterocycles. The van der Waals surface area contributed by atoms with Crippen LogP contribution in [0.25, 0.3) is 0 Å². The molecular weight excluding hydrogens is 266 g/mol. The first-order chi connectivity index (χ1) is 8.88. The fraction of sp³-hybridized carbons (Fsp3) is 0.0833. The molecule has 2 rings (SSSR count). The number of sulfonamides is 1. The van der Waals surface area contributed by atoms with E-state index in [2.05, 4.69) is 9.71 Å². The molecule has 0 unspecified atom stereocenters. The first-order valence-electron chi connectivity index (χ1n) is 5.42. The molecule has 4 N–H and O–H groups in total. The third kappa shape index (κ3) is 2.94. The summed E-state index contributed by atoms with van der Waals surface area (Å²) in [5.74, 6) is 0.0688. The van der Waals surface area contributed by atoms with E-state index in [9.17, 15) is 13.5 Å². The Kier molecular flexibility index (Phi) is 3.30. The Morgan fingerprint density at radius 3 is 2.63 bits per heavy atom. The first kappa shape index (κ1) is 13.2. The van der Waals surface area contributed by atoms with Crippen LogP contribution in [0, 0.1) is 6.92 Å². The number of nitrogens with one attached hydrogen (secondary N) is 1. The van der Waals surface area contributed by atoms with Gasteiger partial charge in [0.05, 0.1) is 10.6 Å². The Hall–Kier alpha value is -2.28. The van der Waals surface area contributed by atoms with Crippen molar-refractivity contribution in [1.82, 2.24) is 4.98 Å². The highest BCUT2D eigenvalue weighted by molar-refractivity contribution is 7.92.